The Morgan fingerprint density at radius 3 is 2.96 bits per heavy atom. The van der Waals surface area contributed by atoms with E-state index in [2.05, 4.69) is 29.2 Å². The zero-order chi connectivity index (χ0) is 18.7. The first-order chi connectivity index (χ1) is 12.5. The van der Waals surface area contributed by atoms with Crippen molar-refractivity contribution in [2.45, 2.75) is 65.0 Å². The molecule has 26 heavy (non-hydrogen) atoms. The van der Waals surface area contributed by atoms with E-state index in [0.717, 1.165) is 35.2 Å². The number of carbonyl (C=O) groups excluding carboxylic acids is 1. The van der Waals surface area contributed by atoms with Crippen molar-refractivity contribution in [2.75, 3.05) is 19.6 Å². The Balaban J connectivity index is 1.78. The number of rotatable bonds is 7. The molecule has 0 bridgehead atoms. The van der Waals surface area contributed by atoms with Crippen LogP contribution in [0.5, 0.6) is 0 Å². The van der Waals surface area contributed by atoms with Gasteiger partial charge in [-0.05, 0) is 32.2 Å². The lowest BCUT2D eigenvalue weighted by Crippen LogP contribution is -2.46. The standard InChI is InChI=1S/C18H30N6OS/c1-12(2)17-15(24-18(21-17)26-13(3)22-24)11-23-9-5-4-6-14(23)10-20-16(25)7-8-19/h12,14H,4-11,19H2,1-3H3,(H,20,25). The fourth-order valence-corrected chi connectivity index (χ4v) is 4.42. The van der Waals surface area contributed by atoms with Crippen molar-refractivity contribution in [1.82, 2.24) is 24.8 Å². The molecule has 1 aliphatic heterocycles. The summed E-state index contributed by atoms with van der Waals surface area (Å²) in [6.45, 7) is 9.35. The smallest absolute Gasteiger partial charge is 0.221 e. The lowest BCUT2D eigenvalue weighted by Gasteiger charge is -2.35. The summed E-state index contributed by atoms with van der Waals surface area (Å²) in [5.74, 6) is 0.412. The molecule has 1 aliphatic rings. The molecule has 3 heterocycles. The molecule has 7 nitrogen and oxygen atoms in total. The van der Waals surface area contributed by atoms with Crippen LogP contribution in [0.3, 0.4) is 0 Å². The summed E-state index contributed by atoms with van der Waals surface area (Å²) in [5, 5.41) is 8.75. The SMILES string of the molecule is Cc1nn2c(CN3CCCCC3CNC(=O)CCN)c(C(C)C)nc2s1. The number of aromatic nitrogens is 3. The van der Waals surface area contributed by atoms with Crippen molar-refractivity contribution < 1.29 is 4.79 Å². The lowest BCUT2D eigenvalue weighted by molar-refractivity contribution is -0.121. The summed E-state index contributed by atoms with van der Waals surface area (Å²) in [6, 6.07) is 0.357. The van der Waals surface area contributed by atoms with Gasteiger partial charge >= 0.3 is 0 Å². The van der Waals surface area contributed by atoms with Crippen molar-refractivity contribution >= 4 is 22.2 Å². The predicted molar refractivity (Wildman–Crippen MR) is 104 cm³/mol. The average Bonchev–Trinajstić information content (AvgIpc) is 3.11. The maximum absolute atomic E-state index is 11.8. The maximum Gasteiger partial charge on any atom is 0.221 e. The molecule has 2 aromatic rings. The van der Waals surface area contributed by atoms with Gasteiger partial charge in [-0.25, -0.2) is 9.50 Å². The van der Waals surface area contributed by atoms with Crippen LogP contribution in [0, 0.1) is 6.92 Å². The Morgan fingerprint density at radius 2 is 2.23 bits per heavy atom. The third-order valence-corrected chi connectivity index (χ3v) is 5.81. The van der Waals surface area contributed by atoms with Crippen LogP contribution >= 0.6 is 11.3 Å². The molecule has 1 fully saturated rings. The molecule has 2 aromatic heterocycles. The highest BCUT2D eigenvalue weighted by Gasteiger charge is 2.27. The summed E-state index contributed by atoms with van der Waals surface area (Å²) in [4.78, 5) is 20.1. The van der Waals surface area contributed by atoms with E-state index in [9.17, 15) is 4.79 Å². The Hall–Kier alpha value is -1.51. The molecule has 0 spiro atoms. The van der Waals surface area contributed by atoms with Crippen LogP contribution in [0.25, 0.3) is 4.96 Å². The number of amides is 1. The molecule has 0 radical (unpaired) electrons. The van der Waals surface area contributed by atoms with Crippen molar-refractivity contribution in [3.8, 4) is 0 Å². The quantitative estimate of drug-likeness (QED) is 0.770. The van der Waals surface area contributed by atoms with E-state index in [1.54, 1.807) is 11.3 Å². The summed E-state index contributed by atoms with van der Waals surface area (Å²) in [7, 11) is 0. The fraction of sp³-hybridized carbons (Fsp3) is 0.722. The van der Waals surface area contributed by atoms with Gasteiger partial charge in [-0.1, -0.05) is 31.6 Å². The number of nitrogens with zero attached hydrogens (tertiary/aromatic N) is 4. The van der Waals surface area contributed by atoms with Gasteiger partial charge in [0.25, 0.3) is 0 Å². The monoisotopic (exact) mass is 378 g/mol. The summed E-state index contributed by atoms with van der Waals surface area (Å²) < 4.78 is 2.02. The second kappa shape index (κ2) is 8.45. The second-order valence-corrected chi connectivity index (χ2v) is 8.54. The molecular formula is C18H30N6OS. The lowest BCUT2D eigenvalue weighted by atomic mass is 10.0. The van der Waals surface area contributed by atoms with Gasteiger partial charge in [0.2, 0.25) is 10.9 Å². The highest BCUT2D eigenvalue weighted by molar-refractivity contribution is 7.16. The van der Waals surface area contributed by atoms with Crippen LogP contribution in [0.15, 0.2) is 0 Å². The number of imidazole rings is 1. The van der Waals surface area contributed by atoms with Gasteiger partial charge in [0.05, 0.1) is 11.4 Å². The zero-order valence-corrected chi connectivity index (χ0v) is 16.8. The molecule has 3 N–H and O–H groups in total. The number of nitrogens with two attached hydrogens (primary N) is 1. The largest absolute Gasteiger partial charge is 0.354 e. The Morgan fingerprint density at radius 1 is 1.42 bits per heavy atom. The minimum absolute atomic E-state index is 0.0442. The number of hydrogen-bond acceptors (Lipinski definition) is 6. The highest BCUT2D eigenvalue weighted by Crippen LogP contribution is 2.27. The average molecular weight is 379 g/mol. The third kappa shape index (κ3) is 4.24. The fourth-order valence-electron chi connectivity index (χ4n) is 3.65. The van der Waals surface area contributed by atoms with Crippen molar-refractivity contribution in [1.29, 1.82) is 0 Å². The minimum Gasteiger partial charge on any atom is -0.354 e. The Labute approximate surface area is 159 Å². The molecule has 0 saturated carbocycles. The first-order valence-corrected chi connectivity index (χ1v) is 10.4. The number of nitrogens with one attached hydrogen (secondary N) is 1. The molecule has 1 saturated heterocycles. The normalized spacial score (nSPS) is 18.7. The zero-order valence-electron chi connectivity index (χ0n) is 16.0. The molecular weight excluding hydrogens is 348 g/mol. The van der Waals surface area contributed by atoms with E-state index in [-0.39, 0.29) is 5.91 Å². The molecule has 0 aliphatic carbocycles. The van der Waals surface area contributed by atoms with Crippen molar-refractivity contribution in [3.63, 3.8) is 0 Å². The van der Waals surface area contributed by atoms with Gasteiger partial charge in [0.15, 0.2) is 0 Å². The van der Waals surface area contributed by atoms with E-state index < -0.39 is 0 Å². The highest BCUT2D eigenvalue weighted by atomic mass is 32.1. The van der Waals surface area contributed by atoms with Crippen LogP contribution in [-0.2, 0) is 11.3 Å². The molecule has 8 heteroatoms. The van der Waals surface area contributed by atoms with Gasteiger partial charge in [0, 0.05) is 32.1 Å². The first kappa shape index (κ1) is 19.3. The second-order valence-electron chi connectivity index (χ2n) is 7.38. The maximum atomic E-state index is 11.8. The van der Waals surface area contributed by atoms with Crippen LogP contribution in [0.1, 0.15) is 61.8 Å². The van der Waals surface area contributed by atoms with E-state index >= 15 is 0 Å². The molecule has 0 aromatic carbocycles. The number of likely N-dealkylation sites (tertiary alicyclic amines) is 1. The van der Waals surface area contributed by atoms with Gasteiger partial charge in [-0.2, -0.15) is 5.10 Å². The number of piperidine rings is 1. The first-order valence-electron chi connectivity index (χ1n) is 9.55. The number of fused-ring (bicyclic) bond motifs is 1. The minimum atomic E-state index is 0.0442. The van der Waals surface area contributed by atoms with Gasteiger partial charge in [-0.3, -0.25) is 9.69 Å². The van der Waals surface area contributed by atoms with Crippen LogP contribution in [-0.4, -0.2) is 51.1 Å². The topological polar surface area (TPSA) is 88.5 Å². The molecule has 1 atom stereocenters. The number of carbonyl (C=O) groups is 1. The summed E-state index contributed by atoms with van der Waals surface area (Å²) in [5.41, 5.74) is 7.80. The van der Waals surface area contributed by atoms with Crippen LogP contribution in [0.4, 0.5) is 0 Å². The van der Waals surface area contributed by atoms with Crippen molar-refractivity contribution in [3.05, 3.63) is 16.4 Å². The van der Waals surface area contributed by atoms with Gasteiger partial charge in [0.1, 0.15) is 5.01 Å². The van der Waals surface area contributed by atoms with Crippen LogP contribution < -0.4 is 11.1 Å². The number of hydrogen-bond donors (Lipinski definition) is 2. The number of aryl methyl sites for hydroxylation is 1. The molecule has 1 amide bonds. The van der Waals surface area contributed by atoms with Gasteiger partial charge in [-0.15, -0.1) is 0 Å². The Bertz CT molecular complexity index is 752. The van der Waals surface area contributed by atoms with Crippen molar-refractivity contribution in [2.24, 2.45) is 5.73 Å². The molecule has 1 unspecified atom stereocenters. The van der Waals surface area contributed by atoms with E-state index in [0.29, 0.717) is 31.5 Å². The molecule has 3 rings (SSSR count). The summed E-state index contributed by atoms with van der Waals surface area (Å²) >= 11 is 1.64. The van der Waals surface area contributed by atoms with Gasteiger partial charge < -0.3 is 11.1 Å². The Kier molecular flexibility index (Phi) is 6.26. The van der Waals surface area contributed by atoms with E-state index in [4.69, 9.17) is 10.7 Å². The van der Waals surface area contributed by atoms with E-state index in [1.165, 1.54) is 18.5 Å². The predicted octanol–water partition coefficient (Wildman–Crippen LogP) is 2.04. The molecule has 144 valence electrons. The van der Waals surface area contributed by atoms with E-state index in [1.807, 2.05) is 11.4 Å². The summed E-state index contributed by atoms with van der Waals surface area (Å²) in [6.07, 6.45) is 3.91. The van der Waals surface area contributed by atoms with Crippen LogP contribution in [0.2, 0.25) is 0 Å². The third-order valence-electron chi connectivity index (χ3n) is 4.98.